The standard InChI is InChI=1S/C20H16Br2N2O3/c1-13-2-8-19(27-13)20(25)24-23-11-15-5-9-18(17(22)10-15)26-12-14-3-6-16(21)7-4-14/h2-11H,12H2,1H3,(H,24,25)/b23-11-. The molecule has 0 aliphatic heterocycles. The fourth-order valence-electron chi connectivity index (χ4n) is 2.23. The third-order valence-corrected chi connectivity index (χ3v) is 4.76. The van der Waals surface area contributed by atoms with Gasteiger partial charge in [-0.05, 0) is 76.4 Å². The molecule has 0 atom stereocenters. The van der Waals surface area contributed by atoms with Crippen LogP contribution >= 0.6 is 31.9 Å². The molecule has 0 aliphatic carbocycles. The summed E-state index contributed by atoms with van der Waals surface area (Å²) in [6.07, 6.45) is 1.55. The summed E-state index contributed by atoms with van der Waals surface area (Å²) in [6.45, 7) is 2.25. The Bertz CT molecular complexity index is 966. The van der Waals surface area contributed by atoms with E-state index in [-0.39, 0.29) is 5.76 Å². The quantitative estimate of drug-likeness (QED) is 0.368. The van der Waals surface area contributed by atoms with Crippen LogP contribution < -0.4 is 10.2 Å². The van der Waals surface area contributed by atoms with Crippen LogP contribution in [0.1, 0.15) is 27.4 Å². The summed E-state index contributed by atoms with van der Waals surface area (Å²) >= 11 is 6.91. The molecule has 1 N–H and O–H groups in total. The van der Waals surface area contributed by atoms with E-state index in [1.54, 1.807) is 25.3 Å². The molecule has 0 unspecified atom stereocenters. The maximum atomic E-state index is 11.9. The number of carbonyl (C=O) groups is 1. The first-order chi connectivity index (χ1) is 13.0. The van der Waals surface area contributed by atoms with Crippen molar-refractivity contribution in [2.24, 2.45) is 5.10 Å². The lowest BCUT2D eigenvalue weighted by molar-refractivity contribution is 0.0926. The van der Waals surface area contributed by atoms with E-state index in [9.17, 15) is 4.79 Å². The number of amides is 1. The van der Waals surface area contributed by atoms with Crippen molar-refractivity contribution in [2.75, 3.05) is 0 Å². The highest BCUT2D eigenvalue weighted by Crippen LogP contribution is 2.26. The molecule has 27 heavy (non-hydrogen) atoms. The van der Waals surface area contributed by atoms with E-state index in [4.69, 9.17) is 9.15 Å². The van der Waals surface area contributed by atoms with E-state index >= 15 is 0 Å². The molecule has 138 valence electrons. The van der Waals surface area contributed by atoms with Gasteiger partial charge in [0.1, 0.15) is 18.1 Å². The predicted molar refractivity (Wildman–Crippen MR) is 111 cm³/mol. The van der Waals surface area contributed by atoms with E-state index < -0.39 is 5.91 Å². The molecule has 0 radical (unpaired) electrons. The van der Waals surface area contributed by atoms with Crippen LogP contribution in [0.15, 0.2) is 73.1 Å². The second kappa shape index (κ2) is 9.01. The highest BCUT2D eigenvalue weighted by Gasteiger charge is 2.08. The Hall–Kier alpha value is -2.38. The monoisotopic (exact) mass is 490 g/mol. The Labute approximate surface area is 173 Å². The summed E-state index contributed by atoms with van der Waals surface area (Å²) in [5.41, 5.74) is 4.32. The van der Waals surface area contributed by atoms with E-state index in [1.165, 1.54) is 0 Å². The van der Waals surface area contributed by atoms with Crippen molar-refractivity contribution in [1.29, 1.82) is 0 Å². The Kier molecular flexibility index (Phi) is 6.47. The molecule has 2 aromatic carbocycles. The molecule has 3 aromatic rings. The van der Waals surface area contributed by atoms with Gasteiger partial charge in [-0.3, -0.25) is 4.79 Å². The Morgan fingerprint density at radius 3 is 2.59 bits per heavy atom. The van der Waals surface area contributed by atoms with Gasteiger partial charge < -0.3 is 9.15 Å². The molecule has 1 aromatic heterocycles. The zero-order valence-electron chi connectivity index (χ0n) is 14.4. The molecule has 0 bridgehead atoms. The van der Waals surface area contributed by atoms with Crippen molar-refractivity contribution in [3.63, 3.8) is 0 Å². The number of ether oxygens (including phenoxy) is 1. The molecule has 0 aliphatic rings. The average Bonchev–Trinajstić information content (AvgIpc) is 3.09. The summed E-state index contributed by atoms with van der Waals surface area (Å²) < 4.78 is 12.9. The van der Waals surface area contributed by atoms with E-state index in [0.717, 1.165) is 25.8 Å². The fourth-order valence-corrected chi connectivity index (χ4v) is 3.01. The van der Waals surface area contributed by atoms with Gasteiger partial charge in [-0.25, -0.2) is 5.43 Å². The van der Waals surface area contributed by atoms with Crippen molar-refractivity contribution < 1.29 is 13.9 Å². The maximum absolute atomic E-state index is 11.9. The lowest BCUT2D eigenvalue weighted by atomic mass is 10.2. The van der Waals surface area contributed by atoms with E-state index in [2.05, 4.69) is 42.4 Å². The minimum Gasteiger partial charge on any atom is -0.488 e. The molecule has 0 spiro atoms. The second-order valence-corrected chi connectivity index (χ2v) is 7.48. The van der Waals surface area contributed by atoms with E-state index in [1.807, 2.05) is 42.5 Å². The number of nitrogens with zero attached hydrogens (tertiary/aromatic N) is 1. The minimum atomic E-state index is -0.395. The van der Waals surface area contributed by atoms with Gasteiger partial charge in [-0.1, -0.05) is 28.1 Å². The second-order valence-electron chi connectivity index (χ2n) is 5.71. The molecule has 0 saturated carbocycles. The fraction of sp³-hybridized carbons (Fsp3) is 0.100. The van der Waals surface area contributed by atoms with Crippen molar-refractivity contribution in [1.82, 2.24) is 5.43 Å². The number of furan rings is 1. The van der Waals surface area contributed by atoms with E-state index in [0.29, 0.717) is 12.4 Å². The van der Waals surface area contributed by atoms with Gasteiger partial charge in [-0.15, -0.1) is 0 Å². The van der Waals surface area contributed by atoms with Gasteiger partial charge in [0.2, 0.25) is 0 Å². The summed E-state index contributed by atoms with van der Waals surface area (Å²) in [7, 11) is 0. The highest BCUT2D eigenvalue weighted by atomic mass is 79.9. The molecule has 1 heterocycles. The number of hydrazone groups is 1. The first-order valence-electron chi connectivity index (χ1n) is 8.08. The third kappa shape index (κ3) is 5.55. The number of benzene rings is 2. The molecule has 7 heteroatoms. The van der Waals surface area contributed by atoms with Crippen LogP contribution in [-0.2, 0) is 6.61 Å². The van der Waals surface area contributed by atoms with Crippen LogP contribution in [0.4, 0.5) is 0 Å². The summed E-state index contributed by atoms with van der Waals surface area (Å²) in [5.74, 6) is 1.23. The zero-order valence-corrected chi connectivity index (χ0v) is 17.6. The number of carbonyl (C=O) groups excluding carboxylic acids is 1. The molecule has 3 rings (SSSR count). The van der Waals surface area contributed by atoms with Crippen molar-refractivity contribution in [2.45, 2.75) is 13.5 Å². The van der Waals surface area contributed by atoms with Crippen molar-refractivity contribution in [3.05, 3.63) is 86.2 Å². The number of hydrogen-bond acceptors (Lipinski definition) is 4. The summed E-state index contributed by atoms with van der Waals surface area (Å²) in [4.78, 5) is 11.9. The predicted octanol–water partition coefficient (Wildman–Crippen LogP) is 5.46. The number of hydrogen-bond donors (Lipinski definition) is 1. The number of rotatable bonds is 6. The molecule has 0 fully saturated rings. The lowest BCUT2D eigenvalue weighted by Crippen LogP contribution is -2.16. The van der Waals surface area contributed by atoms with Crippen LogP contribution in [-0.4, -0.2) is 12.1 Å². The number of aryl methyl sites for hydroxylation is 1. The van der Waals surface area contributed by atoms with Crippen LogP contribution in [0.25, 0.3) is 0 Å². The summed E-state index contributed by atoms with van der Waals surface area (Å²) in [5, 5.41) is 3.95. The minimum absolute atomic E-state index is 0.225. The first kappa shape index (κ1) is 19.4. The van der Waals surface area contributed by atoms with Gasteiger partial charge in [0.25, 0.3) is 0 Å². The molecule has 1 amide bonds. The number of nitrogens with one attached hydrogen (secondary N) is 1. The SMILES string of the molecule is Cc1ccc(C(=O)N/N=C\c2ccc(OCc3ccc(Br)cc3)c(Br)c2)o1. The average molecular weight is 492 g/mol. The largest absolute Gasteiger partial charge is 0.488 e. The van der Waals surface area contributed by atoms with Crippen LogP contribution in [0.5, 0.6) is 5.75 Å². The van der Waals surface area contributed by atoms with Gasteiger partial charge in [-0.2, -0.15) is 5.10 Å². The third-order valence-electron chi connectivity index (χ3n) is 3.61. The van der Waals surface area contributed by atoms with Crippen molar-refractivity contribution in [3.8, 4) is 5.75 Å². The topological polar surface area (TPSA) is 63.8 Å². The highest BCUT2D eigenvalue weighted by molar-refractivity contribution is 9.10. The number of halogens is 2. The zero-order chi connectivity index (χ0) is 19.2. The van der Waals surface area contributed by atoms with Gasteiger partial charge in [0.05, 0.1) is 10.7 Å². The van der Waals surface area contributed by atoms with Crippen LogP contribution in [0.2, 0.25) is 0 Å². The van der Waals surface area contributed by atoms with Crippen LogP contribution in [0.3, 0.4) is 0 Å². The molecular weight excluding hydrogens is 476 g/mol. The Morgan fingerprint density at radius 1 is 1.15 bits per heavy atom. The molecule has 0 saturated heterocycles. The Balaban J connectivity index is 1.57. The smallest absolute Gasteiger partial charge is 0.307 e. The Morgan fingerprint density at radius 2 is 1.93 bits per heavy atom. The lowest BCUT2D eigenvalue weighted by Gasteiger charge is -2.09. The molecular formula is C20H16Br2N2O3. The van der Waals surface area contributed by atoms with Crippen LogP contribution in [0, 0.1) is 6.92 Å². The van der Waals surface area contributed by atoms with Gasteiger partial charge in [0.15, 0.2) is 5.76 Å². The maximum Gasteiger partial charge on any atom is 0.307 e. The van der Waals surface area contributed by atoms with Gasteiger partial charge in [0, 0.05) is 4.47 Å². The molecule has 5 nitrogen and oxygen atoms in total. The first-order valence-corrected chi connectivity index (χ1v) is 9.66. The van der Waals surface area contributed by atoms with Gasteiger partial charge >= 0.3 is 5.91 Å². The normalized spacial score (nSPS) is 10.9. The van der Waals surface area contributed by atoms with Crippen molar-refractivity contribution >= 4 is 44.0 Å². The summed E-state index contributed by atoms with van der Waals surface area (Å²) in [6, 6.07) is 16.9.